The van der Waals surface area contributed by atoms with Gasteiger partial charge in [0.15, 0.2) is 0 Å². The van der Waals surface area contributed by atoms with Gasteiger partial charge in [0.2, 0.25) is 0 Å². The lowest BCUT2D eigenvalue weighted by Crippen LogP contribution is -1.96. The van der Waals surface area contributed by atoms with E-state index in [9.17, 15) is 0 Å². The molecule has 0 unspecified atom stereocenters. The molecule has 0 fully saturated rings. The van der Waals surface area contributed by atoms with E-state index in [1.54, 1.807) is 0 Å². The standard InChI is InChI=1S/C16H21N/c1-4-6-11-16(17-12-7-5-2)15-10-8-9-14(3)13-15/h6-13H,4-5H2,1-3H3/b11-6-,12-7+,17-16+. The number of rotatable bonds is 5. The van der Waals surface area contributed by atoms with Crippen LogP contribution in [-0.4, -0.2) is 5.71 Å². The van der Waals surface area contributed by atoms with E-state index >= 15 is 0 Å². The molecule has 1 aromatic carbocycles. The van der Waals surface area contributed by atoms with Gasteiger partial charge in [0, 0.05) is 11.8 Å². The fraction of sp³-hybridized carbons (Fsp3) is 0.312. The molecule has 1 rings (SSSR count). The van der Waals surface area contributed by atoms with Crippen molar-refractivity contribution in [1.82, 2.24) is 0 Å². The van der Waals surface area contributed by atoms with E-state index in [1.165, 1.54) is 11.1 Å². The third-order valence-electron chi connectivity index (χ3n) is 2.38. The van der Waals surface area contributed by atoms with Crippen molar-refractivity contribution >= 4 is 5.71 Å². The summed E-state index contributed by atoms with van der Waals surface area (Å²) in [4.78, 5) is 4.51. The van der Waals surface area contributed by atoms with Crippen molar-refractivity contribution in [2.24, 2.45) is 4.99 Å². The van der Waals surface area contributed by atoms with Gasteiger partial charge in [0.05, 0.1) is 5.71 Å². The molecule has 0 N–H and O–H groups in total. The quantitative estimate of drug-likeness (QED) is 0.648. The molecule has 0 spiro atoms. The third-order valence-corrected chi connectivity index (χ3v) is 2.38. The maximum absolute atomic E-state index is 4.51. The Bertz CT molecular complexity index is 425. The first-order valence-corrected chi connectivity index (χ1v) is 6.24. The number of hydrogen-bond acceptors (Lipinski definition) is 1. The molecule has 0 amide bonds. The average Bonchev–Trinajstić information content (AvgIpc) is 2.33. The number of hydrogen-bond donors (Lipinski definition) is 0. The van der Waals surface area contributed by atoms with Crippen molar-refractivity contribution in [2.45, 2.75) is 33.6 Å². The number of aryl methyl sites for hydroxylation is 1. The number of aliphatic imine (C=N–C) groups is 1. The van der Waals surface area contributed by atoms with E-state index in [1.807, 2.05) is 6.20 Å². The first-order chi connectivity index (χ1) is 8.27. The molecule has 90 valence electrons. The lowest BCUT2D eigenvalue weighted by Gasteiger charge is -2.02. The predicted octanol–water partition coefficient (Wildman–Crippen LogP) is 4.67. The summed E-state index contributed by atoms with van der Waals surface area (Å²) in [5.74, 6) is 0. The Morgan fingerprint density at radius 2 is 1.94 bits per heavy atom. The first kappa shape index (κ1) is 13.4. The van der Waals surface area contributed by atoms with Gasteiger partial charge in [-0.25, -0.2) is 0 Å². The highest BCUT2D eigenvalue weighted by Gasteiger charge is 1.98. The van der Waals surface area contributed by atoms with E-state index in [-0.39, 0.29) is 0 Å². The van der Waals surface area contributed by atoms with Crippen LogP contribution in [0.5, 0.6) is 0 Å². The van der Waals surface area contributed by atoms with Crippen LogP contribution in [0.15, 0.2) is 53.7 Å². The molecule has 0 heterocycles. The zero-order valence-corrected chi connectivity index (χ0v) is 11.0. The Morgan fingerprint density at radius 3 is 2.59 bits per heavy atom. The van der Waals surface area contributed by atoms with Gasteiger partial charge in [-0.2, -0.15) is 0 Å². The number of nitrogens with zero attached hydrogens (tertiary/aromatic N) is 1. The molecular weight excluding hydrogens is 206 g/mol. The van der Waals surface area contributed by atoms with E-state index in [0.29, 0.717) is 0 Å². The minimum atomic E-state index is 1.02. The van der Waals surface area contributed by atoms with Crippen LogP contribution < -0.4 is 0 Å². The Balaban J connectivity index is 3.01. The second-order valence-electron chi connectivity index (χ2n) is 3.99. The van der Waals surface area contributed by atoms with Gasteiger partial charge in [-0.3, -0.25) is 4.99 Å². The summed E-state index contributed by atoms with van der Waals surface area (Å²) in [6, 6.07) is 8.44. The molecule has 0 aromatic heterocycles. The Morgan fingerprint density at radius 1 is 1.18 bits per heavy atom. The van der Waals surface area contributed by atoms with E-state index in [0.717, 1.165) is 18.6 Å². The lowest BCUT2D eigenvalue weighted by atomic mass is 10.1. The maximum Gasteiger partial charge on any atom is 0.0698 e. The molecule has 0 saturated carbocycles. The summed E-state index contributed by atoms with van der Waals surface area (Å²) in [7, 11) is 0. The lowest BCUT2D eigenvalue weighted by molar-refractivity contribution is 1.21. The third kappa shape index (κ3) is 4.81. The maximum atomic E-state index is 4.51. The highest BCUT2D eigenvalue weighted by molar-refractivity contribution is 6.09. The Labute approximate surface area is 105 Å². The molecule has 0 bridgehead atoms. The van der Waals surface area contributed by atoms with Crippen LogP contribution >= 0.6 is 0 Å². The Kier molecular flexibility index (Phi) is 6.02. The Hall–Kier alpha value is -1.63. The molecule has 1 nitrogen and oxygen atoms in total. The molecule has 1 aromatic rings. The normalized spacial score (nSPS) is 12.8. The smallest absolute Gasteiger partial charge is 0.0698 e. The van der Waals surface area contributed by atoms with Crippen molar-refractivity contribution in [3.8, 4) is 0 Å². The fourth-order valence-corrected chi connectivity index (χ4v) is 1.49. The molecule has 1 heteroatoms. The van der Waals surface area contributed by atoms with Crippen molar-refractivity contribution < 1.29 is 0 Å². The van der Waals surface area contributed by atoms with Crippen LogP contribution in [0.2, 0.25) is 0 Å². The summed E-state index contributed by atoms with van der Waals surface area (Å²) >= 11 is 0. The molecule has 0 aliphatic carbocycles. The van der Waals surface area contributed by atoms with E-state index in [2.05, 4.69) is 68.3 Å². The highest BCUT2D eigenvalue weighted by atomic mass is 14.7. The van der Waals surface area contributed by atoms with Crippen LogP contribution in [0.25, 0.3) is 0 Å². The summed E-state index contributed by atoms with van der Waals surface area (Å²) < 4.78 is 0. The van der Waals surface area contributed by atoms with Crippen LogP contribution in [0, 0.1) is 6.92 Å². The topological polar surface area (TPSA) is 12.4 Å². The minimum Gasteiger partial charge on any atom is -0.257 e. The van der Waals surface area contributed by atoms with E-state index < -0.39 is 0 Å². The van der Waals surface area contributed by atoms with Crippen LogP contribution in [0.4, 0.5) is 0 Å². The predicted molar refractivity (Wildman–Crippen MR) is 76.6 cm³/mol. The average molecular weight is 227 g/mol. The summed E-state index contributed by atoms with van der Waals surface area (Å²) in [5.41, 5.74) is 3.47. The van der Waals surface area contributed by atoms with Crippen LogP contribution in [0.1, 0.15) is 37.8 Å². The zero-order valence-electron chi connectivity index (χ0n) is 11.0. The van der Waals surface area contributed by atoms with Gasteiger partial charge in [-0.15, -0.1) is 0 Å². The fourth-order valence-electron chi connectivity index (χ4n) is 1.49. The van der Waals surface area contributed by atoms with Crippen LogP contribution in [-0.2, 0) is 0 Å². The summed E-state index contributed by atoms with van der Waals surface area (Å²) in [5, 5.41) is 0. The van der Waals surface area contributed by atoms with Crippen molar-refractivity contribution in [3.05, 3.63) is 59.8 Å². The summed E-state index contributed by atoms with van der Waals surface area (Å²) in [6.45, 7) is 6.35. The second kappa shape index (κ2) is 7.61. The van der Waals surface area contributed by atoms with Crippen molar-refractivity contribution in [3.63, 3.8) is 0 Å². The van der Waals surface area contributed by atoms with Gasteiger partial charge < -0.3 is 0 Å². The minimum absolute atomic E-state index is 1.02. The molecular formula is C16H21N. The number of benzene rings is 1. The molecule has 0 atom stereocenters. The summed E-state index contributed by atoms with van der Waals surface area (Å²) in [6.07, 6.45) is 10.2. The monoisotopic (exact) mass is 227 g/mol. The van der Waals surface area contributed by atoms with Crippen molar-refractivity contribution in [2.75, 3.05) is 0 Å². The van der Waals surface area contributed by atoms with E-state index in [4.69, 9.17) is 0 Å². The highest BCUT2D eigenvalue weighted by Crippen LogP contribution is 2.07. The van der Waals surface area contributed by atoms with Gasteiger partial charge in [0.25, 0.3) is 0 Å². The van der Waals surface area contributed by atoms with Gasteiger partial charge >= 0.3 is 0 Å². The molecule has 0 radical (unpaired) electrons. The molecule has 0 aliphatic rings. The molecule has 0 saturated heterocycles. The molecule has 17 heavy (non-hydrogen) atoms. The SMILES string of the molecule is CC\C=C/C(=N\C=C\CC)c1cccc(C)c1. The zero-order chi connectivity index (χ0) is 12.5. The number of allylic oxidation sites excluding steroid dienone is 3. The molecule has 0 aliphatic heterocycles. The van der Waals surface area contributed by atoms with Gasteiger partial charge in [-0.05, 0) is 31.9 Å². The second-order valence-corrected chi connectivity index (χ2v) is 3.99. The van der Waals surface area contributed by atoms with Crippen molar-refractivity contribution in [1.29, 1.82) is 0 Å². The van der Waals surface area contributed by atoms with Gasteiger partial charge in [-0.1, -0.05) is 49.8 Å². The first-order valence-electron chi connectivity index (χ1n) is 6.24. The van der Waals surface area contributed by atoms with Crippen LogP contribution in [0.3, 0.4) is 0 Å². The largest absolute Gasteiger partial charge is 0.257 e. The van der Waals surface area contributed by atoms with Gasteiger partial charge in [0.1, 0.15) is 0 Å².